The van der Waals surface area contributed by atoms with Crippen molar-refractivity contribution in [1.29, 1.82) is 0 Å². The molecule has 28 heavy (non-hydrogen) atoms. The number of thioether (sulfide) groups is 1. The van der Waals surface area contributed by atoms with Gasteiger partial charge >= 0.3 is 0 Å². The number of nitrogens with zero attached hydrogens (tertiary/aromatic N) is 1. The number of halogens is 1. The highest BCUT2D eigenvalue weighted by Gasteiger charge is 2.25. The van der Waals surface area contributed by atoms with Crippen molar-refractivity contribution < 1.29 is 9.59 Å². The van der Waals surface area contributed by atoms with Crippen molar-refractivity contribution in [2.24, 2.45) is 0 Å². The summed E-state index contributed by atoms with van der Waals surface area (Å²) in [5.41, 5.74) is 3.25. The first kappa shape index (κ1) is 22.3. The Balaban J connectivity index is 2.04. The Morgan fingerprint density at radius 2 is 1.86 bits per heavy atom. The number of nitrogens with one attached hydrogen (secondary N) is 1. The van der Waals surface area contributed by atoms with Gasteiger partial charge in [-0.2, -0.15) is 0 Å². The Morgan fingerprint density at radius 3 is 2.50 bits per heavy atom. The Kier molecular flexibility index (Phi) is 8.87. The molecule has 0 bridgehead atoms. The number of carbonyl (C=O) groups excluding carboxylic acids is 2. The Bertz CT molecular complexity index is 795. The fourth-order valence-electron chi connectivity index (χ4n) is 2.76. The second-order valence-electron chi connectivity index (χ2n) is 6.70. The molecule has 0 aliphatic rings. The first-order chi connectivity index (χ1) is 13.4. The zero-order chi connectivity index (χ0) is 20.5. The molecule has 2 rings (SSSR count). The van der Waals surface area contributed by atoms with Crippen LogP contribution in [-0.4, -0.2) is 35.1 Å². The van der Waals surface area contributed by atoms with Crippen LogP contribution in [0.25, 0.3) is 0 Å². The van der Waals surface area contributed by atoms with Crippen LogP contribution in [0.5, 0.6) is 0 Å². The van der Waals surface area contributed by atoms with Crippen LogP contribution in [0, 0.1) is 6.92 Å². The second kappa shape index (κ2) is 11.1. The van der Waals surface area contributed by atoms with Gasteiger partial charge in [0.05, 0.1) is 5.75 Å². The highest BCUT2D eigenvalue weighted by Crippen LogP contribution is 2.18. The molecule has 0 saturated carbocycles. The van der Waals surface area contributed by atoms with Gasteiger partial charge in [0.2, 0.25) is 11.8 Å². The van der Waals surface area contributed by atoms with Crippen molar-refractivity contribution in [1.82, 2.24) is 10.2 Å². The van der Waals surface area contributed by atoms with Crippen LogP contribution in [0.1, 0.15) is 30.5 Å². The molecule has 4 nitrogen and oxygen atoms in total. The van der Waals surface area contributed by atoms with Gasteiger partial charge in [0.1, 0.15) is 6.04 Å². The lowest BCUT2D eigenvalue weighted by Crippen LogP contribution is -2.48. The molecule has 0 aliphatic carbocycles. The summed E-state index contributed by atoms with van der Waals surface area (Å²) in [6.07, 6.45) is 0. The maximum Gasteiger partial charge on any atom is 0.242 e. The minimum absolute atomic E-state index is 0.0497. The second-order valence-corrected chi connectivity index (χ2v) is 8.12. The quantitative estimate of drug-likeness (QED) is 0.655. The number of amides is 2. The number of carbonyl (C=O) groups is 2. The normalized spacial score (nSPS) is 11.7. The number of rotatable bonds is 9. The van der Waals surface area contributed by atoms with Crippen LogP contribution in [0.3, 0.4) is 0 Å². The van der Waals surface area contributed by atoms with E-state index in [-0.39, 0.29) is 11.8 Å². The van der Waals surface area contributed by atoms with E-state index in [9.17, 15) is 9.59 Å². The molecule has 0 unspecified atom stereocenters. The van der Waals surface area contributed by atoms with E-state index >= 15 is 0 Å². The van der Waals surface area contributed by atoms with E-state index < -0.39 is 6.04 Å². The Labute approximate surface area is 176 Å². The van der Waals surface area contributed by atoms with Crippen LogP contribution in [0.15, 0.2) is 48.5 Å². The molecule has 150 valence electrons. The van der Waals surface area contributed by atoms with Crippen LogP contribution >= 0.6 is 23.4 Å². The van der Waals surface area contributed by atoms with Crippen LogP contribution < -0.4 is 5.32 Å². The maximum atomic E-state index is 12.9. The van der Waals surface area contributed by atoms with Gasteiger partial charge in [-0.25, -0.2) is 0 Å². The van der Waals surface area contributed by atoms with Crippen LogP contribution in [0.4, 0.5) is 0 Å². The monoisotopic (exact) mass is 418 g/mol. The first-order valence-corrected chi connectivity index (χ1v) is 10.9. The van der Waals surface area contributed by atoms with Gasteiger partial charge in [0.25, 0.3) is 0 Å². The molecule has 0 aliphatic heterocycles. The van der Waals surface area contributed by atoms with Crippen molar-refractivity contribution in [3.05, 3.63) is 70.2 Å². The highest BCUT2D eigenvalue weighted by molar-refractivity contribution is 7.99. The SMILES string of the molecule is CCNC(=O)[C@H](C)N(Cc1ccc(C)cc1)C(=O)CSCc1cccc(Cl)c1. The van der Waals surface area contributed by atoms with Gasteiger partial charge in [-0.1, -0.05) is 53.6 Å². The summed E-state index contributed by atoms with van der Waals surface area (Å²) in [6, 6.07) is 15.1. The molecule has 2 aromatic rings. The Morgan fingerprint density at radius 1 is 1.14 bits per heavy atom. The lowest BCUT2D eigenvalue weighted by atomic mass is 10.1. The topological polar surface area (TPSA) is 49.4 Å². The largest absolute Gasteiger partial charge is 0.355 e. The number of likely N-dealkylation sites (N-methyl/N-ethyl adjacent to an activating group) is 1. The third-order valence-corrected chi connectivity index (χ3v) is 5.60. The number of hydrogen-bond acceptors (Lipinski definition) is 3. The lowest BCUT2D eigenvalue weighted by Gasteiger charge is -2.28. The molecule has 0 spiro atoms. The van der Waals surface area contributed by atoms with Gasteiger partial charge in [-0.3, -0.25) is 9.59 Å². The van der Waals surface area contributed by atoms with E-state index in [1.807, 2.05) is 62.4 Å². The Hall–Kier alpha value is -1.98. The molecule has 2 aromatic carbocycles. The summed E-state index contributed by atoms with van der Waals surface area (Å²) in [6.45, 7) is 6.63. The smallest absolute Gasteiger partial charge is 0.242 e. The molecule has 1 N–H and O–H groups in total. The highest BCUT2D eigenvalue weighted by atomic mass is 35.5. The average Bonchev–Trinajstić information content (AvgIpc) is 2.67. The third-order valence-electron chi connectivity index (χ3n) is 4.38. The van der Waals surface area contributed by atoms with E-state index in [1.54, 1.807) is 11.8 Å². The fourth-order valence-corrected chi connectivity index (χ4v) is 3.83. The van der Waals surface area contributed by atoms with E-state index in [0.717, 1.165) is 16.7 Å². The molecule has 0 radical (unpaired) electrons. The van der Waals surface area contributed by atoms with Gasteiger partial charge < -0.3 is 10.2 Å². The molecule has 6 heteroatoms. The van der Waals surface area contributed by atoms with Gasteiger partial charge in [0, 0.05) is 23.9 Å². The molecule has 0 saturated heterocycles. The van der Waals surface area contributed by atoms with E-state index in [4.69, 9.17) is 11.6 Å². The lowest BCUT2D eigenvalue weighted by molar-refractivity contribution is -0.138. The molecule has 0 heterocycles. The summed E-state index contributed by atoms with van der Waals surface area (Å²) >= 11 is 7.54. The molecule has 0 aromatic heterocycles. The maximum absolute atomic E-state index is 12.9. The third kappa shape index (κ3) is 6.88. The van der Waals surface area contributed by atoms with Crippen molar-refractivity contribution in [2.75, 3.05) is 12.3 Å². The summed E-state index contributed by atoms with van der Waals surface area (Å²) in [5, 5.41) is 3.50. The fraction of sp³-hybridized carbons (Fsp3) is 0.364. The van der Waals surface area contributed by atoms with Crippen molar-refractivity contribution in [3.63, 3.8) is 0 Å². The van der Waals surface area contributed by atoms with Crippen LogP contribution in [-0.2, 0) is 21.9 Å². The summed E-state index contributed by atoms with van der Waals surface area (Å²) in [7, 11) is 0. The van der Waals surface area contributed by atoms with Crippen molar-refractivity contribution >= 4 is 35.2 Å². The number of hydrogen-bond donors (Lipinski definition) is 1. The zero-order valence-corrected chi connectivity index (χ0v) is 18.1. The molecule has 1 atom stereocenters. The van der Waals surface area contributed by atoms with E-state index in [1.165, 1.54) is 11.8 Å². The predicted octanol–water partition coefficient (Wildman–Crippen LogP) is 4.44. The first-order valence-electron chi connectivity index (χ1n) is 9.35. The van der Waals surface area contributed by atoms with Gasteiger partial charge in [-0.05, 0) is 44.0 Å². The van der Waals surface area contributed by atoms with Crippen molar-refractivity contribution in [2.45, 2.75) is 39.1 Å². The van der Waals surface area contributed by atoms with Gasteiger partial charge in [0.15, 0.2) is 0 Å². The predicted molar refractivity (Wildman–Crippen MR) is 117 cm³/mol. The average molecular weight is 419 g/mol. The molecular formula is C22H27ClN2O2S. The number of benzene rings is 2. The summed E-state index contributed by atoms with van der Waals surface area (Å²) < 4.78 is 0. The van der Waals surface area contributed by atoms with E-state index in [2.05, 4.69) is 5.32 Å². The van der Waals surface area contributed by atoms with E-state index in [0.29, 0.717) is 29.6 Å². The standard InChI is InChI=1S/C22H27ClN2O2S/c1-4-24-22(27)17(3)25(13-18-10-8-16(2)9-11-18)21(26)15-28-14-19-6-5-7-20(23)12-19/h5-12,17H,4,13-15H2,1-3H3,(H,24,27)/t17-/m0/s1. The molecular weight excluding hydrogens is 392 g/mol. The summed E-state index contributed by atoms with van der Waals surface area (Å²) in [4.78, 5) is 26.9. The molecule has 2 amide bonds. The van der Waals surface area contributed by atoms with Crippen LogP contribution in [0.2, 0.25) is 5.02 Å². The molecule has 0 fully saturated rings. The number of aryl methyl sites for hydroxylation is 1. The zero-order valence-electron chi connectivity index (χ0n) is 16.6. The van der Waals surface area contributed by atoms with Crippen molar-refractivity contribution in [3.8, 4) is 0 Å². The minimum atomic E-state index is -0.527. The minimum Gasteiger partial charge on any atom is -0.355 e. The summed E-state index contributed by atoms with van der Waals surface area (Å²) in [5.74, 6) is 0.816. The van der Waals surface area contributed by atoms with Gasteiger partial charge in [-0.15, -0.1) is 11.8 Å².